The van der Waals surface area contributed by atoms with Crippen LogP contribution in [-0.2, 0) is 11.3 Å². The van der Waals surface area contributed by atoms with Gasteiger partial charge in [0.15, 0.2) is 0 Å². The molecule has 130 valence electrons. The monoisotopic (exact) mass is 398 g/mol. The number of anilines is 1. The molecule has 1 amide bonds. The first-order valence-electron chi connectivity index (χ1n) is 7.08. The summed E-state index contributed by atoms with van der Waals surface area (Å²) in [6.45, 7) is 2.03. The van der Waals surface area contributed by atoms with E-state index in [1.807, 2.05) is 0 Å². The molecular weight excluding hydrogens is 387 g/mol. The number of aromatic nitrogens is 5. The van der Waals surface area contributed by atoms with E-state index >= 15 is 0 Å². The SMILES string of the molecule is CC(Sc1nnc(Cn2cncn2)o1)C(=O)Nc1cc(Cl)ccc1Cl. The van der Waals surface area contributed by atoms with Gasteiger partial charge in [-0.3, -0.25) is 4.79 Å². The molecule has 2 aromatic heterocycles. The third kappa shape index (κ3) is 4.71. The Morgan fingerprint density at radius 1 is 1.40 bits per heavy atom. The lowest BCUT2D eigenvalue weighted by atomic mass is 10.3. The van der Waals surface area contributed by atoms with Crippen molar-refractivity contribution in [3.05, 3.63) is 46.8 Å². The second-order valence-corrected chi connectivity index (χ2v) is 7.06. The van der Waals surface area contributed by atoms with Gasteiger partial charge >= 0.3 is 0 Å². The van der Waals surface area contributed by atoms with Crippen molar-refractivity contribution in [2.45, 2.75) is 23.9 Å². The van der Waals surface area contributed by atoms with Gasteiger partial charge in [-0.15, -0.1) is 10.2 Å². The topological polar surface area (TPSA) is 98.7 Å². The summed E-state index contributed by atoms with van der Waals surface area (Å²) in [5, 5.41) is 15.2. The minimum atomic E-state index is -0.477. The van der Waals surface area contributed by atoms with Crippen molar-refractivity contribution < 1.29 is 9.21 Å². The normalized spacial score (nSPS) is 12.1. The van der Waals surface area contributed by atoms with E-state index in [4.69, 9.17) is 27.6 Å². The number of nitrogens with zero attached hydrogens (tertiary/aromatic N) is 5. The summed E-state index contributed by atoms with van der Waals surface area (Å²) in [7, 11) is 0. The molecular formula is C14H12Cl2N6O2S. The maximum atomic E-state index is 12.3. The van der Waals surface area contributed by atoms with E-state index in [9.17, 15) is 4.79 Å². The van der Waals surface area contributed by atoms with Crippen LogP contribution in [0.2, 0.25) is 10.0 Å². The summed E-state index contributed by atoms with van der Waals surface area (Å²) >= 11 is 13.1. The highest BCUT2D eigenvalue weighted by Gasteiger charge is 2.19. The van der Waals surface area contributed by atoms with Gasteiger partial charge in [0.2, 0.25) is 11.8 Å². The third-order valence-corrected chi connectivity index (χ3v) is 4.54. The largest absolute Gasteiger partial charge is 0.414 e. The van der Waals surface area contributed by atoms with Gasteiger partial charge in [-0.25, -0.2) is 9.67 Å². The Morgan fingerprint density at radius 2 is 2.24 bits per heavy atom. The van der Waals surface area contributed by atoms with Gasteiger partial charge in [0, 0.05) is 5.02 Å². The first kappa shape index (κ1) is 17.7. The molecule has 3 rings (SSSR count). The lowest BCUT2D eigenvalue weighted by Crippen LogP contribution is -2.22. The van der Waals surface area contributed by atoms with Gasteiger partial charge in [-0.1, -0.05) is 35.0 Å². The molecule has 0 fully saturated rings. The van der Waals surface area contributed by atoms with E-state index in [0.717, 1.165) is 11.8 Å². The van der Waals surface area contributed by atoms with Crippen LogP contribution in [0.15, 0.2) is 40.5 Å². The van der Waals surface area contributed by atoms with Crippen molar-refractivity contribution in [3.63, 3.8) is 0 Å². The molecule has 0 aliphatic heterocycles. The minimum Gasteiger partial charge on any atom is -0.414 e. The molecule has 0 spiro atoms. The molecule has 1 unspecified atom stereocenters. The number of rotatable bonds is 6. The fourth-order valence-electron chi connectivity index (χ4n) is 1.84. The number of benzene rings is 1. The fraction of sp³-hybridized carbons (Fsp3) is 0.214. The van der Waals surface area contributed by atoms with Crippen LogP contribution in [-0.4, -0.2) is 36.1 Å². The average molecular weight is 399 g/mol. The Bertz CT molecular complexity index is 870. The number of thioether (sulfide) groups is 1. The smallest absolute Gasteiger partial charge is 0.277 e. The van der Waals surface area contributed by atoms with Crippen LogP contribution < -0.4 is 5.32 Å². The van der Waals surface area contributed by atoms with E-state index in [0.29, 0.717) is 28.2 Å². The van der Waals surface area contributed by atoms with Gasteiger partial charge in [0.05, 0.1) is 16.0 Å². The van der Waals surface area contributed by atoms with Crippen LogP contribution in [0.4, 0.5) is 5.69 Å². The van der Waals surface area contributed by atoms with Crippen LogP contribution in [0, 0.1) is 0 Å². The Morgan fingerprint density at radius 3 is 3.00 bits per heavy atom. The van der Waals surface area contributed by atoms with Crippen molar-refractivity contribution in [2.75, 3.05) is 5.32 Å². The molecule has 0 aliphatic carbocycles. The highest BCUT2D eigenvalue weighted by molar-refractivity contribution is 8.00. The number of halogens is 2. The molecule has 1 N–H and O–H groups in total. The summed E-state index contributed by atoms with van der Waals surface area (Å²) in [6.07, 6.45) is 2.96. The van der Waals surface area contributed by atoms with Crippen LogP contribution in [0.5, 0.6) is 0 Å². The number of hydrogen-bond acceptors (Lipinski definition) is 7. The predicted molar refractivity (Wildman–Crippen MR) is 93.8 cm³/mol. The molecule has 0 radical (unpaired) electrons. The zero-order valence-electron chi connectivity index (χ0n) is 12.9. The molecule has 0 aliphatic rings. The van der Waals surface area contributed by atoms with Crippen molar-refractivity contribution >= 4 is 46.6 Å². The number of hydrogen-bond donors (Lipinski definition) is 1. The highest BCUT2D eigenvalue weighted by atomic mass is 35.5. The molecule has 2 heterocycles. The van der Waals surface area contributed by atoms with Crippen molar-refractivity contribution in [2.24, 2.45) is 0 Å². The molecule has 0 saturated heterocycles. The second-order valence-electron chi connectivity index (χ2n) is 4.93. The van der Waals surface area contributed by atoms with E-state index in [-0.39, 0.29) is 11.1 Å². The predicted octanol–water partition coefficient (Wildman–Crippen LogP) is 3.14. The molecule has 1 aromatic carbocycles. The first-order chi connectivity index (χ1) is 12.0. The highest BCUT2D eigenvalue weighted by Crippen LogP contribution is 2.27. The maximum Gasteiger partial charge on any atom is 0.277 e. The molecule has 1 atom stereocenters. The van der Waals surface area contributed by atoms with Gasteiger partial charge in [-0.2, -0.15) is 5.10 Å². The zero-order valence-corrected chi connectivity index (χ0v) is 15.2. The number of nitrogens with one attached hydrogen (secondary N) is 1. The number of carbonyl (C=O) groups is 1. The Labute approximate surface area is 156 Å². The van der Waals surface area contributed by atoms with E-state index in [1.54, 1.807) is 36.1 Å². The van der Waals surface area contributed by atoms with Gasteiger partial charge < -0.3 is 9.73 Å². The maximum absolute atomic E-state index is 12.3. The van der Waals surface area contributed by atoms with Crippen LogP contribution in [0.25, 0.3) is 0 Å². The third-order valence-electron chi connectivity index (χ3n) is 3.05. The number of amides is 1. The van der Waals surface area contributed by atoms with Gasteiger partial charge in [0.25, 0.3) is 5.22 Å². The van der Waals surface area contributed by atoms with Gasteiger partial charge in [0.1, 0.15) is 19.2 Å². The van der Waals surface area contributed by atoms with Crippen molar-refractivity contribution in [3.8, 4) is 0 Å². The van der Waals surface area contributed by atoms with Crippen molar-refractivity contribution in [1.82, 2.24) is 25.0 Å². The molecule has 3 aromatic rings. The molecule has 25 heavy (non-hydrogen) atoms. The average Bonchev–Trinajstić information content (AvgIpc) is 3.23. The van der Waals surface area contributed by atoms with Gasteiger partial charge in [-0.05, 0) is 25.1 Å². The minimum absolute atomic E-state index is 0.259. The molecule has 8 nitrogen and oxygen atoms in total. The van der Waals surface area contributed by atoms with Crippen LogP contribution in [0.1, 0.15) is 12.8 Å². The van der Waals surface area contributed by atoms with E-state index < -0.39 is 5.25 Å². The summed E-state index contributed by atoms with van der Waals surface area (Å²) in [5.41, 5.74) is 0.448. The summed E-state index contributed by atoms with van der Waals surface area (Å²) in [6, 6.07) is 4.85. The summed E-state index contributed by atoms with van der Waals surface area (Å²) < 4.78 is 7.05. The Balaban J connectivity index is 1.60. The Kier molecular flexibility index (Phi) is 5.57. The summed E-state index contributed by atoms with van der Waals surface area (Å²) in [4.78, 5) is 16.1. The lowest BCUT2D eigenvalue weighted by molar-refractivity contribution is -0.115. The van der Waals surface area contributed by atoms with E-state index in [1.165, 1.54) is 6.33 Å². The lowest BCUT2D eigenvalue weighted by Gasteiger charge is -2.11. The standard InChI is InChI=1S/C14H12Cl2N6O2S/c1-8(13(23)19-11-4-9(15)2-3-10(11)16)25-14-21-20-12(24-14)5-22-7-17-6-18-22/h2-4,6-8H,5H2,1H3,(H,19,23). The molecule has 0 bridgehead atoms. The fourth-order valence-corrected chi connectivity index (χ4v) is 2.87. The Hall–Kier alpha value is -2.10. The summed E-state index contributed by atoms with van der Waals surface area (Å²) in [5.74, 6) is 0.115. The molecule has 0 saturated carbocycles. The van der Waals surface area contributed by atoms with Crippen molar-refractivity contribution in [1.29, 1.82) is 0 Å². The number of carbonyl (C=O) groups excluding carboxylic acids is 1. The van der Waals surface area contributed by atoms with Crippen LogP contribution in [0.3, 0.4) is 0 Å². The quantitative estimate of drug-likeness (QED) is 0.636. The first-order valence-corrected chi connectivity index (χ1v) is 8.72. The zero-order chi connectivity index (χ0) is 17.8. The van der Waals surface area contributed by atoms with Crippen LogP contribution >= 0.6 is 35.0 Å². The van der Waals surface area contributed by atoms with E-state index in [2.05, 4.69) is 25.6 Å². The molecule has 11 heteroatoms. The second kappa shape index (κ2) is 7.85.